The van der Waals surface area contributed by atoms with Crippen molar-refractivity contribution in [1.29, 1.82) is 0 Å². The van der Waals surface area contributed by atoms with Crippen LogP contribution >= 0.6 is 0 Å². The molecule has 0 saturated heterocycles. The number of allylic oxidation sites excluding steroid dienone is 4. The number of hydrogen-bond acceptors (Lipinski definition) is 1. The minimum Gasteiger partial charge on any atom is -0.333 e. The van der Waals surface area contributed by atoms with E-state index in [-0.39, 0.29) is 6.04 Å². The molecule has 8 aromatic rings. The standard InChI is InChI=1S/C43H33N3/c1-30-14-8-11-21-39(30)46-41-23-13-10-20-36(41)38-29-34(25-27-43(38)46)44(31-15-4-2-5-16-31)33-24-26-42-37(28-33)35-19-9-12-22-40(35)45(42)32-17-6-3-7-18-32/h2-30,39H,1H3. The van der Waals surface area contributed by atoms with Gasteiger partial charge in [0.05, 0.1) is 17.1 Å². The number of benzene rings is 6. The zero-order chi connectivity index (χ0) is 30.6. The van der Waals surface area contributed by atoms with Gasteiger partial charge in [-0.3, -0.25) is 0 Å². The van der Waals surface area contributed by atoms with E-state index in [1.54, 1.807) is 0 Å². The van der Waals surface area contributed by atoms with E-state index >= 15 is 0 Å². The lowest BCUT2D eigenvalue weighted by molar-refractivity contribution is 0.510. The van der Waals surface area contributed by atoms with Crippen LogP contribution in [0.15, 0.2) is 170 Å². The van der Waals surface area contributed by atoms with E-state index in [4.69, 9.17) is 0 Å². The van der Waals surface area contributed by atoms with E-state index < -0.39 is 0 Å². The van der Waals surface area contributed by atoms with Gasteiger partial charge in [-0.05, 0) is 78.7 Å². The normalized spacial score (nSPS) is 16.2. The summed E-state index contributed by atoms with van der Waals surface area (Å²) < 4.78 is 4.90. The van der Waals surface area contributed by atoms with E-state index in [0.29, 0.717) is 5.92 Å². The molecule has 9 rings (SSSR count). The van der Waals surface area contributed by atoms with E-state index in [2.05, 4.69) is 191 Å². The Kier molecular flexibility index (Phi) is 6.17. The van der Waals surface area contributed by atoms with Crippen molar-refractivity contribution in [2.24, 2.45) is 5.92 Å². The summed E-state index contributed by atoms with van der Waals surface area (Å²) in [5.74, 6) is 0.411. The molecule has 3 heteroatoms. The molecule has 2 atom stereocenters. The Morgan fingerprint density at radius 2 is 0.978 bits per heavy atom. The summed E-state index contributed by atoms with van der Waals surface area (Å²) in [5.41, 5.74) is 9.51. The van der Waals surface area contributed by atoms with Crippen molar-refractivity contribution < 1.29 is 0 Å². The van der Waals surface area contributed by atoms with Crippen LogP contribution in [0, 0.1) is 5.92 Å². The smallest absolute Gasteiger partial charge is 0.0585 e. The molecule has 6 aromatic carbocycles. The van der Waals surface area contributed by atoms with Gasteiger partial charge >= 0.3 is 0 Å². The van der Waals surface area contributed by atoms with Crippen LogP contribution in [-0.2, 0) is 0 Å². The monoisotopic (exact) mass is 591 g/mol. The number of hydrogen-bond donors (Lipinski definition) is 0. The fourth-order valence-corrected chi connectivity index (χ4v) is 7.46. The second-order valence-corrected chi connectivity index (χ2v) is 12.3. The number of para-hydroxylation sites is 4. The zero-order valence-corrected chi connectivity index (χ0v) is 25.7. The molecule has 0 fully saturated rings. The van der Waals surface area contributed by atoms with Crippen LogP contribution in [0.4, 0.5) is 17.1 Å². The molecule has 2 heterocycles. The number of anilines is 3. The van der Waals surface area contributed by atoms with Gasteiger partial charge in [-0.15, -0.1) is 0 Å². The Labute approximate surface area is 268 Å². The first-order valence-corrected chi connectivity index (χ1v) is 16.1. The summed E-state index contributed by atoms with van der Waals surface area (Å²) in [6.45, 7) is 2.31. The van der Waals surface area contributed by atoms with E-state index in [0.717, 1.165) is 17.1 Å². The number of rotatable bonds is 5. The highest BCUT2D eigenvalue weighted by Gasteiger charge is 2.23. The first kappa shape index (κ1) is 26.6. The summed E-state index contributed by atoms with van der Waals surface area (Å²) >= 11 is 0. The molecule has 1 aliphatic rings. The summed E-state index contributed by atoms with van der Waals surface area (Å²) in [7, 11) is 0. The van der Waals surface area contributed by atoms with Crippen molar-refractivity contribution in [3.8, 4) is 5.69 Å². The van der Waals surface area contributed by atoms with Crippen molar-refractivity contribution >= 4 is 60.7 Å². The van der Waals surface area contributed by atoms with Gasteiger partial charge in [-0.2, -0.15) is 0 Å². The second-order valence-electron chi connectivity index (χ2n) is 12.3. The first-order valence-electron chi connectivity index (χ1n) is 16.1. The van der Waals surface area contributed by atoms with Gasteiger partial charge in [0.1, 0.15) is 0 Å². The highest BCUT2D eigenvalue weighted by molar-refractivity contribution is 6.12. The Hall–Kier alpha value is -5.80. The molecule has 3 nitrogen and oxygen atoms in total. The van der Waals surface area contributed by atoms with Gasteiger partial charge < -0.3 is 14.0 Å². The Morgan fingerprint density at radius 3 is 1.70 bits per heavy atom. The quantitative estimate of drug-likeness (QED) is 0.194. The third-order valence-corrected chi connectivity index (χ3v) is 9.57. The molecule has 220 valence electrons. The van der Waals surface area contributed by atoms with E-state index in [9.17, 15) is 0 Å². The SMILES string of the molecule is CC1C=CC=CC1n1c2ccccc2c2cc(N(c3ccccc3)c3ccc4c(c3)c3ccccc3n4-c3ccccc3)ccc21. The first-order chi connectivity index (χ1) is 22.8. The van der Waals surface area contributed by atoms with Gasteiger partial charge in [0.2, 0.25) is 0 Å². The van der Waals surface area contributed by atoms with Crippen LogP contribution in [0.1, 0.15) is 13.0 Å². The third-order valence-electron chi connectivity index (χ3n) is 9.57. The molecule has 0 amide bonds. The van der Waals surface area contributed by atoms with Crippen molar-refractivity contribution in [2.75, 3.05) is 4.90 Å². The maximum Gasteiger partial charge on any atom is 0.0585 e. The van der Waals surface area contributed by atoms with Crippen molar-refractivity contribution in [3.05, 3.63) is 170 Å². The van der Waals surface area contributed by atoms with E-state index in [1.807, 2.05) is 0 Å². The van der Waals surface area contributed by atoms with Gasteiger partial charge in [0, 0.05) is 55.3 Å². The number of fused-ring (bicyclic) bond motifs is 6. The molecule has 0 saturated carbocycles. The van der Waals surface area contributed by atoms with Gasteiger partial charge in [-0.25, -0.2) is 0 Å². The van der Waals surface area contributed by atoms with Crippen molar-refractivity contribution in [2.45, 2.75) is 13.0 Å². The lowest BCUT2D eigenvalue weighted by atomic mass is 9.96. The fourth-order valence-electron chi connectivity index (χ4n) is 7.46. The largest absolute Gasteiger partial charge is 0.333 e. The van der Waals surface area contributed by atoms with Crippen LogP contribution in [0.5, 0.6) is 0 Å². The van der Waals surface area contributed by atoms with Gasteiger partial charge in [-0.1, -0.05) is 104 Å². The molecular weight excluding hydrogens is 558 g/mol. The third kappa shape index (κ3) is 4.13. The predicted octanol–water partition coefficient (Wildman–Crippen LogP) is 11.7. The Balaban J connectivity index is 1.27. The summed E-state index contributed by atoms with van der Waals surface area (Å²) in [4.78, 5) is 2.39. The van der Waals surface area contributed by atoms with Crippen molar-refractivity contribution in [3.63, 3.8) is 0 Å². The highest BCUT2D eigenvalue weighted by atomic mass is 15.1. The van der Waals surface area contributed by atoms with Gasteiger partial charge in [0.15, 0.2) is 0 Å². The number of aromatic nitrogens is 2. The lowest BCUT2D eigenvalue weighted by Crippen LogP contribution is -2.15. The highest BCUT2D eigenvalue weighted by Crippen LogP contribution is 2.43. The fraction of sp³-hybridized carbons (Fsp3) is 0.0698. The maximum atomic E-state index is 2.52. The molecule has 0 aliphatic heterocycles. The van der Waals surface area contributed by atoms with Crippen molar-refractivity contribution in [1.82, 2.24) is 9.13 Å². The Morgan fingerprint density at radius 1 is 0.457 bits per heavy atom. The summed E-state index contributed by atoms with van der Waals surface area (Å²) in [6, 6.07) is 53.1. The Bertz CT molecular complexity index is 2440. The molecule has 0 bridgehead atoms. The average Bonchev–Trinajstić information content (AvgIpc) is 3.62. The zero-order valence-electron chi connectivity index (χ0n) is 25.7. The van der Waals surface area contributed by atoms with Crippen LogP contribution < -0.4 is 4.90 Å². The van der Waals surface area contributed by atoms with Gasteiger partial charge in [0.25, 0.3) is 0 Å². The molecule has 0 radical (unpaired) electrons. The van der Waals surface area contributed by atoms with E-state index in [1.165, 1.54) is 49.3 Å². The molecule has 46 heavy (non-hydrogen) atoms. The lowest BCUT2D eigenvalue weighted by Gasteiger charge is -2.27. The minimum atomic E-state index is 0.271. The van der Waals surface area contributed by atoms with Crippen LogP contribution in [0.25, 0.3) is 49.3 Å². The molecule has 2 aromatic heterocycles. The summed E-state index contributed by atoms with van der Waals surface area (Å²) in [5, 5.41) is 5.04. The minimum absolute atomic E-state index is 0.271. The molecule has 0 spiro atoms. The summed E-state index contributed by atoms with van der Waals surface area (Å²) in [6.07, 6.45) is 8.99. The second kappa shape index (κ2) is 10.7. The average molecular weight is 592 g/mol. The topological polar surface area (TPSA) is 13.1 Å². The van der Waals surface area contributed by atoms with Crippen LogP contribution in [-0.4, -0.2) is 9.13 Å². The number of nitrogens with zero attached hydrogens (tertiary/aromatic N) is 3. The van der Waals surface area contributed by atoms with Crippen LogP contribution in [0.3, 0.4) is 0 Å². The molecular formula is C43H33N3. The molecule has 0 N–H and O–H groups in total. The maximum absolute atomic E-state index is 2.52. The predicted molar refractivity (Wildman–Crippen MR) is 195 cm³/mol. The molecule has 1 aliphatic carbocycles. The molecule has 2 unspecified atom stereocenters. The van der Waals surface area contributed by atoms with Crippen LogP contribution in [0.2, 0.25) is 0 Å².